The Kier molecular flexibility index (Phi) is 3.80. The second kappa shape index (κ2) is 4.66. The second-order valence-electron chi connectivity index (χ2n) is 3.77. The summed E-state index contributed by atoms with van der Waals surface area (Å²) in [5.74, 6) is 0.853. The molecule has 0 saturated carbocycles. The molecule has 0 spiro atoms. The maximum absolute atomic E-state index is 2.42. The Balaban J connectivity index is 2.42. The van der Waals surface area contributed by atoms with E-state index in [0.717, 1.165) is 12.5 Å². The van der Waals surface area contributed by atoms with E-state index < -0.39 is 0 Å². The molecule has 0 N–H and O–H groups in total. The third-order valence-electron chi connectivity index (χ3n) is 3.03. The van der Waals surface area contributed by atoms with E-state index in [9.17, 15) is 0 Å². The SMILES string of the molecule is CCC1C=CC(N(C)CC)CC1. The summed E-state index contributed by atoms with van der Waals surface area (Å²) < 4.78 is 0. The average Bonchev–Trinajstić information content (AvgIpc) is 2.17. The molecule has 1 nitrogen and oxygen atoms in total. The minimum Gasteiger partial charge on any atom is -0.300 e. The van der Waals surface area contributed by atoms with Crippen molar-refractivity contribution in [1.82, 2.24) is 4.90 Å². The Morgan fingerprint density at radius 2 is 2.00 bits per heavy atom. The summed E-state index contributed by atoms with van der Waals surface area (Å²) in [5.41, 5.74) is 0. The zero-order valence-electron chi connectivity index (χ0n) is 8.59. The Hall–Kier alpha value is -0.300. The van der Waals surface area contributed by atoms with E-state index in [1.807, 2.05) is 0 Å². The number of rotatable bonds is 3. The first-order chi connectivity index (χ1) is 5.77. The van der Waals surface area contributed by atoms with Crippen LogP contribution in [0.2, 0.25) is 0 Å². The van der Waals surface area contributed by atoms with Crippen LogP contribution >= 0.6 is 0 Å². The molecule has 0 amide bonds. The number of hydrogen-bond donors (Lipinski definition) is 0. The summed E-state index contributed by atoms with van der Waals surface area (Å²) in [5, 5.41) is 0. The Labute approximate surface area is 76.5 Å². The molecule has 2 unspecified atom stereocenters. The van der Waals surface area contributed by atoms with Crippen LogP contribution in [-0.4, -0.2) is 24.5 Å². The quantitative estimate of drug-likeness (QED) is 0.584. The van der Waals surface area contributed by atoms with Gasteiger partial charge in [-0.25, -0.2) is 0 Å². The van der Waals surface area contributed by atoms with Crippen molar-refractivity contribution in [2.75, 3.05) is 13.6 Å². The fourth-order valence-corrected chi connectivity index (χ4v) is 1.80. The minimum absolute atomic E-state index is 0.706. The largest absolute Gasteiger partial charge is 0.300 e. The van der Waals surface area contributed by atoms with Gasteiger partial charge in [0.05, 0.1) is 0 Å². The van der Waals surface area contributed by atoms with Gasteiger partial charge in [-0.3, -0.25) is 0 Å². The number of hydrogen-bond acceptors (Lipinski definition) is 1. The molecule has 1 aliphatic carbocycles. The van der Waals surface area contributed by atoms with E-state index in [1.165, 1.54) is 19.3 Å². The topological polar surface area (TPSA) is 3.24 Å². The Bertz CT molecular complexity index is 151. The lowest BCUT2D eigenvalue weighted by atomic mass is 9.90. The molecule has 0 aromatic carbocycles. The number of nitrogens with zero attached hydrogens (tertiary/aromatic N) is 1. The van der Waals surface area contributed by atoms with Crippen LogP contribution in [0.5, 0.6) is 0 Å². The van der Waals surface area contributed by atoms with Gasteiger partial charge in [0.2, 0.25) is 0 Å². The highest BCUT2D eigenvalue weighted by Crippen LogP contribution is 2.22. The highest BCUT2D eigenvalue weighted by atomic mass is 15.1. The molecule has 0 fully saturated rings. The van der Waals surface area contributed by atoms with Crippen molar-refractivity contribution in [2.45, 2.75) is 39.2 Å². The van der Waals surface area contributed by atoms with E-state index >= 15 is 0 Å². The predicted octanol–water partition coefficient (Wildman–Crippen LogP) is 2.68. The number of allylic oxidation sites excluding steroid dienone is 1. The van der Waals surface area contributed by atoms with Crippen LogP contribution in [0.15, 0.2) is 12.2 Å². The molecule has 0 bridgehead atoms. The van der Waals surface area contributed by atoms with E-state index in [4.69, 9.17) is 0 Å². The monoisotopic (exact) mass is 167 g/mol. The van der Waals surface area contributed by atoms with Crippen molar-refractivity contribution in [3.05, 3.63) is 12.2 Å². The lowest BCUT2D eigenvalue weighted by Crippen LogP contribution is -2.31. The third kappa shape index (κ3) is 2.34. The standard InChI is InChI=1S/C11H21N/c1-4-10-6-8-11(9-7-10)12(3)5-2/h6,8,10-11H,4-5,7,9H2,1-3H3. The summed E-state index contributed by atoms with van der Waals surface area (Å²) in [7, 11) is 2.21. The maximum Gasteiger partial charge on any atom is 0.0275 e. The Morgan fingerprint density at radius 1 is 1.25 bits per heavy atom. The van der Waals surface area contributed by atoms with Crippen LogP contribution in [-0.2, 0) is 0 Å². The van der Waals surface area contributed by atoms with Gasteiger partial charge in [0, 0.05) is 6.04 Å². The van der Waals surface area contributed by atoms with Crippen molar-refractivity contribution in [1.29, 1.82) is 0 Å². The summed E-state index contributed by atoms with van der Waals surface area (Å²) in [6.07, 6.45) is 8.82. The lowest BCUT2D eigenvalue weighted by molar-refractivity contribution is 0.262. The van der Waals surface area contributed by atoms with Crippen LogP contribution in [0, 0.1) is 5.92 Å². The first-order valence-electron chi connectivity index (χ1n) is 5.16. The molecule has 1 heteroatoms. The van der Waals surface area contributed by atoms with Gasteiger partial charge in [-0.2, -0.15) is 0 Å². The van der Waals surface area contributed by atoms with Crippen molar-refractivity contribution in [3.8, 4) is 0 Å². The summed E-state index contributed by atoms with van der Waals surface area (Å²) in [6.45, 7) is 5.66. The van der Waals surface area contributed by atoms with Gasteiger partial charge in [-0.05, 0) is 38.8 Å². The highest BCUT2D eigenvalue weighted by molar-refractivity contribution is 5.01. The summed E-state index contributed by atoms with van der Waals surface area (Å²) in [6, 6.07) is 0.706. The Morgan fingerprint density at radius 3 is 2.42 bits per heavy atom. The van der Waals surface area contributed by atoms with Gasteiger partial charge >= 0.3 is 0 Å². The van der Waals surface area contributed by atoms with Gasteiger partial charge < -0.3 is 4.90 Å². The van der Waals surface area contributed by atoms with Crippen LogP contribution in [0.4, 0.5) is 0 Å². The maximum atomic E-state index is 2.42. The minimum atomic E-state index is 0.706. The van der Waals surface area contributed by atoms with Crippen LogP contribution < -0.4 is 0 Å². The van der Waals surface area contributed by atoms with Gasteiger partial charge in [-0.1, -0.05) is 26.0 Å². The van der Waals surface area contributed by atoms with Crippen molar-refractivity contribution in [2.24, 2.45) is 5.92 Å². The van der Waals surface area contributed by atoms with Gasteiger partial charge in [0.15, 0.2) is 0 Å². The van der Waals surface area contributed by atoms with Gasteiger partial charge in [0.25, 0.3) is 0 Å². The molecule has 1 aliphatic rings. The molecule has 0 saturated heterocycles. The zero-order chi connectivity index (χ0) is 8.97. The summed E-state index contributed by atoms with van der Waals surface area (Å²) in [4.78, 5) is 2.42. The molecule has 0 aromatic rings. The molecule has 0 aromatic heterocycles. The van der Waals surface area contributed by atoms with E-state index in [1.54, 1.807) is 0 Å². The van der Waals surface area contributed by atoms with Crippen molar-refractivity contribution < 1.29 is 0 Å². The molecule has 12 heavy (non-hydrogen) atoms. The fraction of sp³-hybridized carbons (Fsp3) is 0.818. The van der Waals surface area contributed by atoms with Crippen LogP contribution in [0.3, 0.4) is 0 Å². The predicted molar refractivity (Wildman–Crippen MR) is 54.2 cm³/mol. The first-order valence-corrected chi connectivity index (χ1v) is 5.16. The van der Waals surface area contributed by atoms with Crippen molar-refractivity contribution >= 4 is 0 Å². The van der Waals surface area contributed by atoms with Crippen LogP contribution in [0.25, 0.3) is 0 Å². The average molecular weight is 167 g/mol. The fourth-order valence-electron chi connectivity index (χ4n) is 1.80. The van der Waals surface area contributed by atoms with Gasteiger partial charge in [-0.15, -0.1) is 0 Å². The molecule has 0 aliphatic heterocycles. The van der Waals surface area contributed by atoms with Crippen LogP contribution in [0.1, 0.15) is 33.1 Å². The van der Waals surface area contributed by atoms with Crippen molar-refractivity contribution in [3.63, 3.8) is 0 Å². The first kappa shape index (κ1) is 9.79. The third-order valence-corrected chi connectivity index (χ3v) is 3.03. The molecule has 0 heterocycles. The lowest BCUT2D eigenvalue weighted by Gasteiger charge is -2.29. The number of likely N-dealkylation sites (N-methyl/N-ethyl adjacent to an activating group) is 1. The molecule has 70 valence electrons. The zero-order valence-corrected chi connectivity index (χ0v) is 8.59. The summed E-state index contributed by atoms with van der Waals surface area (Å²) >= 11 is 0. The molecule has 2 atom stereocenters. The van der Waals surface area contributed by atoms with E-state index in [2.05, 4.69) is 37.9 Å². The molecule has 0 radical (unpaired) electrons. The highest BCUT2D eigenvalue weighted by Gasteiger charge is 2.16. The molecular weight excluding hydrogens is 146 g/mol. The molecule has 1 rings (SSSR count). The van der Waals surface area contributed by atoms with Gasteiger partial charge in [0.1, 0.15) is 0 Å². The van der Waals surface area contributed by atoms with E-state index in [0.29, 0.717) is 6.04 Å². The smallest absolute Gasteiger partial charge is 0.0275 e. The normalized spacial score (nSPS) is 29.7. The molecular formula is C11H21N. The second-order valence-corrected chi connectivity index (χ2v) is 3.77. The van der Waals surface area contributed by atoms with E-state index in [-0.39, 0.29) is 0 Å².